The zero-order valence-electron chi connectivity index (χ0n) is 5.87. The molecule has 1 heterocycles. The number of hydrogen-bond acceptors (Lipinski definition) is 3. The number of rotatable bonds is 1. The molecule has 0 aromatic carbocycles. The lowest BCUT2D eigenvalue weighted by Crippen LogP contribution is -2.38. The average molecular weight is 138 g/mol. The molecule has 0 saturated carbocycles. The van der Waals surface area contributed by atoms with Gasteiger partial charge in [-0.25, -0.2) is 0 Å². The summed E-state index contributed by atoms with van der Waals surface area (Å²) in [5, 5.41) is 11.5. The summed E-state index contributed by atoms with van der Waals surface area (Å²) in [5.74, 6) is 0. The molecule has 0 radical (unpaired) electrons. The summed E-state index contributed by atoms with van der Waals surface area (Å²) < 4.78 is 5.03. The van der Waals surface area contributed by atoms with Crippen LogP contribution < -0.4 is 5.32 Å². The Bertz CT molecular complexity index is 171. The lowest BCUT2D eigenvalue weighted by molar-refractivity contribution is 0.139. The maximum absolute atomic E-state index is 8.54. The molecule has 2 unspecified atom stereocenters. The third kappa shape index (κ3) is 1.28. The van der Waals surface area contributed by atoms with E-state index in [1.54, 1.807) is 6.26 Å². The van der Waals surface area contributed by atoms with Crippen molar-refractivity contribution in [2.45, 2.75) is 18.6 Å². The molecule has 2 atom stereocenters. The third-order valence-electron chi connectivity index (χ3n) is 1.57. The molecule has 3 nitrogen and oxygen atoms in total. The predicted octanol–water partition coefficient (Wildman–Crippen LogP) is 0.401. The summed E-state index contributed by atoms with van der Waals surface area (Å²) in [4.78, 5) is 0. The maximum Gasteiger partial charge on any atom is 0.198 e. The second-order valence-electron chi connectivity index (χ2n) is 2.19. The van der Waals surface area contributed by atoms with Crippen LogP contribution >= 0.6 is 0 Å². The predicted molar refractivity (Wildman–Crippen MR) is 37.1 cm³/mol. The number of nitriles is 1. The Hall–Kier alpha value is -1.01. The summed E-state index contributed by atoms with van der Waals surface area (Å²) in [7, 11) is 1.83. The van der Waals surface area contributed by atoms with Gasteiger partial charge in [0.1, 0.15) is 6.07 Å². The van der Waals surface area contributed by atoms with Crippen LogP contribution in [-0.4, -0.2) is 19.2 Å². The van der Waals surface area contributed by atoms with Crippen LogP contribution in [0.5, 0.6) is 0 Å². The van der Waals surface area contributed by atoms with E-state index in [0.717, 1.165) is 6.42 Å². The minimum atomic E-state index is -0.324. The van der Waals surface area contributed by atoms with Crippen molar-refractivity contribution in [1.82, 2.24) is 5.32 Å². The second-order valence-corrected chi connectivity index (χ2v) is 2.19. The second kappa shape index (κ2) is 3.23. The van der Waals surface area contributed by atoms with Gasteiger partial charge in [0.15, 0.2) is 6.10 Å². The molecule has 0 aliphatic carbocycles. The summed E-state index contributed by atoms with van der Waals surface area (Å²) in [6, 6.07) is 2.22. The number of nitrogens with zero attached hydrogens (tertiary/aromatic N) is 1. The monoisotopic (exact) mass is 138 g/mol. The van der Waals surface area contributed by atoms with Gasteiger partial charge in [0, 0.05) is 0 Å². The molecule has 10 heavy (non-hydrogen) atoms. The van der Waals surface area contributed by atoms with Crippen molar-refractivity contribution in [3.05, 3.63) is 12.3 Å². The van der Waals surface area contributed by atoms with Crippen LogP contribution in [-0.2, 0) is 4.74 Å². The molecule has 0 fully saturated rings. The van der Waals surface area contributed by atoms with Gasteiger partial charge >= 0.3 is 0 Å². The zero-order valence-corrected chi connectivity index (χ0v) is 5.87. The van der Waals surface area contributed by atoms with Crippen LogP contribution in [0, 0.1) is 11.3 Å². The largest absolute Gasteiger partial charge is 0.482 e. The summed E-state index contributed by atoms with van der Waals surface area (Å²) in [5.41, 5.74) is 0. The first-order valence-electron chi connectivity index (χ1n) is 3.26. The minimum absolute atomic E-state index is 0.148. The normalized spacial score (nSPS) is 30.8. The van der Waals surface area contributed by atoms with Crippen LogP contribution in [0.3, 0.4) is 0 Å². The molecule has 1 aliphatic heterocycles. The molecular formula is C7H10N2O. The van der Waals surface area contributed by atoms with Gasteiger partial charge in [0.2, 0.25) is 0 Å². The van der Waals surface area contributed by atoms with Gasteiger partial charge in [-0.1, -0.05) is 0 Å². The lowest BCUT2D eigenvalue weighted by Gasteiger charge is -2.22. The molecule has 1 aliphatic rings. The highest BCUT2D eigenvalue weighted by Crippen LogP contribution is 2.09. The molecule has 0 amide bonds. The van der Waals surface area contributed by atoms with Gasteiger partial charge in [-0.2, -0.15) is 5.26 Å². The highest BCUT2D eigenvalue weighted by molar-refractivity contribution is 5.01. The Morgan fingerprint density at radius 2 is 2.60 bits per heavy atom. The molecule has 54 valence electrons. The van der Waals surface area contributed by atoms with E-state index >= 15 is 0 Å². The minimum Gasteiger partial charge on any atom is -0.482 e. The fourth-order valence-corrected chi connectivity index (χ4v) is 0.950. The van der Waals surface area contributed by atoms with Crippen molar-refractivity contribution in [2.24, 2.45) is 0 Å². The Kier molecular flexibility index (Phi) is 2.30. The zero-order chi connectivity index (χ0) is 7.40. The Balaban J connectivity index is 2.55. The first-order chi connectivity index (χ1) is 4.88. The van der Waals surface area contributed by atoms with E-state index in [9.17, 15) is 0 Å². The van der Waals surface area contributed by atoms with Crippen LogP contribution in [0.2, 0.25) is 0 Å². The summed E-state index contributed by atoms with van der Waals surface area (Å²) in [6.07, 6.45) is 4.04. The number of nitrogens with one attached hydrogen (secondary N) is 1. The maximum atomic E-state index is 8.54. The van der Waals surface area contributed by atoms with E-state index in [2.05, 4.69) is 11.4 Å². The van der Waals surface area contributed by atoms with Crippen molar-refractivity contribution >= 4 is 0 Å². The molecule has 1 rings (SSSR count). The molecule has 0 spiro atoms. The van der Waals surface area contributed by atoms with Gasteiger partial charge in [-0.05, 0) is 19.5 Å². The molecule has 0 aromatic rings. The smallest absolute Gasteiger partial charge is 0.198 e. The Morgan fingerprint density at radius 3 is 3.10 bits per heavy atom. The molecule has 0 aromatic heterocycles. The van der Waals surface area contributed by atoms with Crippen molar-refractivity contribution < 1.29 is 4.74 Å². The third-order valence-corrected chi connectivity index (χ3v) is 1.57. The van der Waals surface area contributed by atoms with Gasteiger partial charge in [-0.3, -0.25) is 0 Å². The number of hydrogen-bond donors (Lipinski definition) is 1. The average Bonchev–Trinajstić information content (AvgIpc) is 2.04. The van der Waals surface area contributed by atoms with Crippen molar-refractivity contribution in [1.29, 1.82) is 5.26 Å². The van der Waals surface area contributed by atoms with Gasteiger partial charge in [-0.15, -0.1) is 0 Å². The van der Waals surface area contributed by atoms with Crippen molar-refractivity contribution in [3.63, 3.8) is 0 Å². The van der Waals surface area contributed by atoms with E-state index in [-0.39, 0.29) is 12.1 Å². The SMILES string of the molecule is CNC1CC=COC1C#N. The van der Waals surface area contributed by atoms with E-state index in [1.807, 2.05) is 13.1 Å². The summed E-state index contributed by atoms with van der Waals surface area (Å²) in [6.45, 7) is 0. The quantitative estimate of drug-likeness (QED) is 0.570. The molecule has 3 heteroatoms. The lowest BCUT2D eigenvalue weighted by atomic mass is 10.1. The molecule has 0 bridgehead atoms. The van der Waals surface area contributed by atoms with E-state index in [1.165, 1.54) is 0 Å². The number of likely N-dealkylation sites (N-methyl/N-ethyl adjacent to an activating group) is 1. The highest BCUT2D eigenvalue weighted by atomic mass is 16.5. The van der Waals surface area contributed by atoms with Crippen molar-refractivity contribution in [3.8, 4) is 6.07 Å². The number of ether oxygens (including phenoxy) is 1. The summed E-state index contributed by atoms with van der Waals surface area (Å²) >= 11 is 0. The fourth-order valence-electron chi connectivity index (χ4n) is 0.950. The first-order valence-corrected chi connectivity index (χ1v) is 3.26. The first kappa shape index (κ1) is 7.10. The van der Waals surface area contributed by atoms with Crippen LogP contribution in [0.4, 0.5) is 0 Å². The highest BCUT2D eigenvalue weighted by Gasteiger charge is 2.21. The standard InChI is InChI=1S/C7H10N2O/c1-9-6-3-2-4-10-7(6)5-8/h2,4,6-7,9H,3H2,1H3. The van der Waals surface area contributed by atoms with E-state index in [4.69, 9.17) is 10.00 Å². The van der Waals surface area contributed by atoms with Crippen LogP contribution in [0.15, 0.2) is 12.3 Å². The van der Waals surface area contributed by atoms with Gasteiger partial charge < -0.3 is 10.1 Å². The van der Waals surface area contributed by atoms with Crippen LogP contribution in [0.1, 0.15) is 6.42 Å². The Morgan fingerprint density at radius 1 is 1.80 bits per heavy atom. The molecule has 0 saturated heterocycles. The van der Waals surface area contributed by atoms with Gasteiger partial charge in [0.05, 0.1) is 12.3 Å². The van der Waals surface area contributed by atoms with Gasteiger partial charge in [0.25, 0.3) is 0 Å². The fraction of sp³-hybridized carbons (Fsp3) is 0.571. The van der Waals surface area contributed by atoms with E-state index in [0.29, 0.717) is 0 Å². The molecule has 1 N–H and O–H groups in total. The topological polar surface area (TPSA) is 45.0 Å². The Labute approximate surface area is 60.3 Å². The van der Waals surface area contributed by atoms with Crippen LogP contribution in [0.25, 0.3) is 0 Å². The van der Waals surface area contributed by atoms with Crippen molar-refractivity contribution in [2.75, 3.05) is 7.05 Å². The molecular weight excluding hydrogens is 128 g/mol. The van der Waals surface area contributed by atoms with E-state index < -0.39 is 0 Å².